The van der Waals surface area contributed by atoms with E-state index in [2.05, 4.69) is 27.0 Å². The van der Waals surface area contributed by atoms with Crippen LogP contribution >= 0.6 is 0 Å². The molecule has 3 aromatic rings. The van der Waals surface area contributed by atoms with Crippen molar-refractivity contribution in [1.82, 2.24) is 19.6 Å². The third-order valence-corrected chi connectivity index (χ3v) is 3.88. The lowest BCUT2D eigenvalue weighted by Gasteiger charge is -2.12. The van der Waals surface area contributed by atoms with Crippen LogP contribution in [0, 0.1) is 0 Å². The molecule has 7 nitrogen and oxygen atoms in total. The quantitative estimate of drug-likeness (QED) is 0.514. The van der Waals surface area contributed by atoms with Crippen LogP contribution in [0.5, 0.6) is 0 Å². The van der Waals surface area contributed by atoms with Gasteiger partial charge in [-0.25, -0.2) is 14.3 Å². The summed E-state index contributed by atoms with van der Waals surface area (Å²) in [7, 11) is 1.33. The van der Waals surface area contributed by atoms with Crippen LogP contribution < -0.4 is 5.32 Å². The van der Waals surface area contributed by atoms with Gasteiger partial charge in [0, 0.05) is 24.2 Å². The van der Waals surface area contributed by atoms with Crippen molar-refractivity contribution in [3.8, 4) is 0 Å². The van der Waals surface area contributed by atoms with E-state index in [0.717, 1.165) is 5.52 Å². The third kappa shape index (κ3) is 4.15. The average molecular weight is 375 g/mol. The monoisotopic (exact) mass is 375 g/mol. The zero-order valence-electron chi connectivity index (χ0n) is 16.0. The summed E-state index contributed by atoms with van der Waals surface area (Å²) in [5.41, 5.74) is 3.47. The van der Waals surface area contributed by atoms with Gasteiger partial charge in [-0.1, -0.05) is 30.4 Å². The first-order valence-corrected chi connectivity index (χ1v) is 8.65. The molecule has 3 aromatic heterocycles. The van der Waals surface area contributed by atoms with Gasteiger partial charge in [0.1, 0.15) is 11.1 Å². The molecule has 0 amide bonds. The Balaban J connectivity index is 2.01. The van der Waals surface area contributed by atoms with Crippen LogP contribution in [0.1, 0.15) is 30.0 Å². The van der Waals surface area contributed by atoms with Crippen molar-refractivity contribution in [2.24, 2.45) is 0 Å². The number of nitrogens with zero attached hydrogens (tertiary/aromatic N) is 4. The highest BCUT2D eigenvalue weighted by molar-refractivity contribution is 5.96. The van der Waals surface area contributed by atoms with Crippen LogP contribution in [0.2, 0.25) is 0 Å². The topological polar surface area (TPSA) is 81.4 Å². The number of fused-ring (bicyclic) bond motifs is 1. The number of rotatable bonds is 6. The molecule has 0 aliphatic rings. The molecule has 0 atom stereocenters. The van der Waals surface area contributed by atoms with Crippen LogP contribution in [0.3, 0.4) is 0 Å². The molecule has 0 fully saturated rings. The highest BCUT2D eigenvalue weighted by Gasteiger charge is 2.15. The van der Waals surface area contributed by atoms with Gasteiger partial charge in [-0.05, 0) is 32.0 Å². The summed E-state index contributed by atoms with van der Waals surface area (Å²) < 4.78 is 6.54. The van der Waals surface area contributed by atoms with E-state index in [1.807, 2.05) is 50.4 Å². The van der Waals surface area contributed by atoms with Crippen molar-refractivity contribution in [3.63, 3.8) is 0 Å². The van der Waals surface area contributed by atoms with E-state index in [-0.39, 0.29) is 0 Å². The molecule has 28 heavy (non-hydrogen) atoms. The lowest BCUT2D eigenvalue weighted by molar-refractivity contribution is 0.0601. The molecule has 7 heteroatoms. The van der Waals surface area contributed by atoms with E-state index in [4.69, 9.17) is 4.74 Å². The fourth-order valence-electron chi connectivity index (χ4n) is 2.50. The molecule has 142 valence electrons. The van der Waals surface area contributed by atoms with Gasteiger partial charge in [-0.3, -0.25) is 4.98 Å². The van der Waals surface area contributed by atoms with Gasteiger partial charge in [0.15, 0.2) is 11.6 Å². The molecule has 0 saturated carbocycles. The van der Waals surface area contributed by atoms with Crippen LogP contribution in [0.15, 0.2) is 67.2 Å². The number of carbonyl (C=O) groups is 1. The predicted octanol–water partition coefficient (Wildman–Crippen LogP) is 4.19. The number of pyridine rings is 1. The molecule has 3 heterocycles. The molecule has 0 unspecified atom stereocenters. The maximum Gasteiger partial charge on any atom is 0.341 e. The fraction of sp³-hybridized carbons (Fsp3) is 0.143. The smallest absolute Gasteiger partial charge is 0.341 e. The second-order valence-corrected chi connectivity index (χ2v) is 6.29. The number of hydrogen-bond acceptors (Lipinski definition) is 6. The molecular weight excluding hydrogens is 354 g/mol. The van der Waals surface area contributed by atoms with E-state index in [1.165, 1.54) is 18.9 Å². The SMILES string of the molecule is C=C(/C=C\C=C(C)C)c1nc(Nc2ccncc2C(=O)OC)c2cccn2n1. The van der Waals surface area contributed by atoms with Gasteiger partial charge < -0.3 is 10.1 Å². The summed E-state index contributed by atoms with van der Waals surface area (Å²) in [5.74, 6) is 0.534. The molecule has 0 aliphatic carbocycles. The average Bonchev–Trinajstić information content (AvgIpc) is 3.16. The normalized spacial score (nSPS) is 10.8. The molecule has 0 spiro atoms. The van der Waals surface area contributed by atoms with Crippen molar-refractivity contribution < 1.29 is 9.53 Å². The summed E-state index contributed by atoms with van der Waals surface area (Å²) in [6.45, 7) is 8.09. The van der Waals surface area contributed by atoms with Crippen LogP contribution in [-0.2, 0) is 4.74 Å². The predicted molar refractivity (Wildman–Crippen MR) is 109 cm³/mol. The van der Waals surface area contributed by atoms with Gasteiger partial charge in [-0.15, -0.1) is 5.10 Å². The highest BCUT2D eigenvalue weighted by Crippen LogP contribution is 2.24. The molecule has 0 saturated heterocycles. The number of aromatic nitrogens is 4. The third-order valence-electron chi connectivity index (χ3n) is 3.88. The van der Waals surface area contributed by atoms with E-state index in [0.29, 0.717) is 28.5 Å². The lowest BCUT2D eigenvalue weighted by atomic mass is 10.2. The van der Waals surface area contributed by atoms with Crippen molar-refractivity contribution in [1.29, 1.82) is 0 Å². The minimum absolute atomic E-state index is 0.317. The standard InChI is InChI=1S/C21H21N5O2/c1-14(2)7-5-8-15(3)19-24-20(18-9-6-12-26(18)25-19)23-17-10-11-22-13-16(17)21(27)28-4/h5-13H,3H2,1-2,4H3,(H,22,23,24,25)/b8-5-. The molecule has 3 rings (SSSR count). The first-order chi connectivity index (χ1) is 13.5. The zero-order valence-corrected chi connectivity index (χ0v) is 16.0. The summed E-state index contributed by atoms with van der Waals surface area (Å²) in [6, 6.07) is 5.44. The van der Waals surface area contributed by atoms with E-state index in [1.54, 1.807) is 16.8 Å². The Hall–Kier alpha value is -3.74. The molecular formula is C21H21N5O2. The van der Waals surface area contributed by atoms with Crippen molar-refractivity contribution in [2.75, 3.05) is 12.4 Å². The number of nitrogens with one attached hydrogen (secondary N) is 1. The number of esters is 1. The second kappa shape index (κ2) is 8.30. The molecule has 0 aliphatic heterocycles. The maximum absolute atomic E-state index is 12.0. The van der Waals surface area contributed by atoms with E-state index in [9.17, 15) is 4.79 Å². The largest absolute Gasteiger partial charge is 0.465 e. The number of methoxy groups -OCH3 is 1. The number of allylic oxidation sites excluding steroid dienone is 5. The van der Waals surface area contributed by atoms with E-state index < -0.39 is 5.97 Å². The number of hydrogen-bond donors (Lipinski definition) is 1. The van der Waals surface area contributed by atoms with Crippen molar-refractivity contribution in [2.45, 2.75) is 13.8 Å². The number of anilines is 2. The minimum atomic E-state index is -0.481. The Labute approximate surface area is 163 Å². The summed E-state index contributed by atoms with van der Waals surface area (Å²) >= 11 is 0. The van der Waals surface area contributed by atoms with E-state index >= 15 is 0 Å². The van der Waals surface area contributed by atoms with Crippen LogP contribution in [-0.4, -0.2) is 32.7 Å². The summed E-state index contributed by atoms with van der Waals surface area (Å²) in [4.78, 5) is 20.6. The van der Waals surface area contributed by atoms with Crippen molar-refractivity contribution >= 4 is 28.6 Å². The first kappa shape index (κ1) is 19.0. The molecule has 1 N–H and O–H groups in total. The van der Waals surface area contributed by atoms with Gasteiger partial charge in [0.2, 0.25) is 0 Å². The Kier molecular flexibility index (Phi) is 5.64. The lowest BCUT2D eigenvalue weighted by Crippen LogP contribution is -2.09. The van der Waals surface area contributed by atoms with Crippen LogP contribution in [0.25, 0.3) is 11.1 Å². The number of carbonyl (C=O) groups excluding carboxylic acids is 1. The zero-order chi connectivity index (χ0) is 20.1. The van der Waals surface area contributed by atoms with Gasteiger partial charge >= 0.3 is 5.97 Å². The molecule has 0 radical (unpaired) electrons. The Bertz CT molecular complexity index is 1090. The number of ether oxygens (including phenoxy) is 1. The Morgan fingerprint density at radius 3 is 2.89 bits per heavy atom. The Morgan fingerprint density at radius 2 is 2.14 bits per heavy atom. The van der Waals surface area contributed by atoms with Gasteiger partial charge in [-0.2, -0.15) is 0 Å². The summed E-state index contributed by atoms with van der Waals surface area (Å²) in [5, 5.41) is 7.70. The molecule has 0 aromatic carbocycles. The van der Waals surface area contributed by atoms with Crippen molar-refractivity contribution in [3.05, 3.63) is 78.6 Å². The summed E-state index contributed by atoms with van der Waals surface area (Å²) in [6.07, 6.45) is 10.6. The maximum atomic E-state index is 12.0. The minimum Gasteiger partial charge on any atom is -0.465 e. The molecule has 0 bridgehead atoms. The first-order valence-electron chi connectivity index (χ1n) is 8.65. The highest BCUT2D eigenvalue weighted by atomic mass is 16.5. The van der Waals surface area contributed by atoms with Gasteiger partial charge in [0.05, 0.1) is 12.8 Å². The van der Waals surface area contributed by atoms with Gasteiger partial charge in [0.25, 0.3) is 0 Å². The Morgan fingerprint density at radius 1 is 1.32 bits per heavy atom. The fourth-order valence-corrected chi connectivity index (χ4v) is 2.50. The second-order valence-electron chi connectivity index (χ2n) is 6.29. The van der Waals surface area contributed by atoms with Crippen LogP contribution in [0.4, 0.5) is 11.5 Å².